The topological polar surface area (TPSA) is 66.8 Å². The zero-order valence-corrected chi connectivity index (χ0v) is 15.9. The summed E-state index contributed by atoms with van der Waals surface area (Å²) in [5.74, 6) is 0.00445. The molecule has 4 atom stereocenters. The van der Waals surface area contributed by atoms with Gasteiger partial charge in [-0.1, -0.05) is 44.9 Å². The number of amides is 1. The third-order valence-corrected chi connectivity index (χ3v) is 6.35. The molecule has 2 unspecified atom stereocenters. The number of carbonyl (C=O) groups is 2. The third-order valence-electron chi connectivity index (χ3n) is 6.35. The maximum atomic E-state index is 12.9. The number of hydrogen-bond acceptors (Lipinski definition) is 3. The molecule has 1 amide bonds. The number of likely N-dealkylation sites (tertiary alicyclic amines) is 1. The van der Waals surface area contributed by atoms with Crippen molar-refractivity contribution in [2.24, 2.45) is 17.8 Å². The molecule has 1 aliphatic heterocycles. The quantitative estimate of drug-likeness (QED) is 0.798. The molecule has 0 radical (unpaired) electrons. The molecule has 1 N–H and O–H groups in total. The van der Waals surface area contributed by atoms with Crippen LogP contribution in [0, 0.1) is 17.8 Å². The number of carboxylic acids is 1. The second-order valence-corrected chi connectivity index (χ2v) is 9.16. The molecule has 0 aromatic rings. The predicted molar refractivity (Wildman–Crippen MR) is 95.3 cm³/mol. The molecule has 2 saturated carbocycles. The molecular formula is C20H33NO4. The number of hydrogen-bond donors (Lipinski definition) is 1. The van der Waals surface area contributed by atoms with Crippen molar-refractivity contribution in [2.75, 3.05) is 0 Å². The summed E-state index contributed by atoms with van der Waals surface area (Å²) in [6.07, 6.45) is 9.61. The molecule has 142 valence electrons. The van der Waals surface area contributed by atoms with E-state index in [9.17, 15) is 14.7 Å². The minimum absolute atomic E-state index is 0.0385. The molecule has 3 rings (SSSR count). The van der Waals surface area contributed by atoms with Crippen molar-refractivity contribution in [3.63, 3.8) is 0 Å². The first-order valence-electron chi connectivity index (χ1n) is 10.0. The van der Waals surface area contributed by atoms with Crippen LogP contribution in [0.1, 0.15) is 78.6 Å². The van der Waals surface area contributed by atoms with Crippen LogP contribution < -0.4 is 0 Å². The molecule has 5 nitrogen and oxygen atoms in total. The largest absolute Gasteiger partial charge is 0.480 e. The summed E-state index contributed by atoms with van der Waals surface area (Å²) in [5, 5.41) is 10.0. The van der Waals surface area contributed by atoms with Crippen LogP contribution in [-0.2, 0) is 9.53 Å². The number of ether oxygens (including phenoxy) is 1. The number of carboxylic acid groups (broad SMARTS) is 1. The second kappa shape index (κ2) is 7.16. The zero-order valence-electron chi connectivity index (χ0n) is 15.9. The van der Waals surface area contributed by atoms with Gasteiger partial charge in [0.2, 0.25) is 0 Å². The monoisotopic (exact) mass is 351 g/mol. The second-order valence-electron chi connectivity index (χ2n) is 9.16. The Labute approximate surface area is 151 Å². The van der Waals surface area contributed by atoms with E-state index in [4.69, 9.17) is 4.74 Å². The number of rotatable bonds is 2. The van der Waals surface area contributed by atoms with Crippen molar-refractivity contribution in [2.45, 2.75) is 96.2 Å². The van der Waals surface area contributed by atoms with Crippen LogP contribution >= 0.6 is 0 Å². The number of carbonyl (C=O) groups excluding carboxylic acids is 1. The SMILES string of the molecule is CC(C)(C)OC(=O)N1C2CCCCC2[C@H](C2CCCCC2)[C@H]1C(=O)O. The lowest BCUT2D eigenvalue weighted by atomic mass is 9.68. The van der Waals surface area contributed by atoms with Crippen LogP contribution in [0.3, 0.4) is 0 Å². The Hall–Kier alpha value is -1.26. The molecule has 3 aliphatic rings. The van der Waals surface area contributed by atoms with Crippen LogP contribution in [0.5, 0.6) is 0 Å². The Morgan fingerprint density at radius 3 is 2.16 bits per heavy atom. The van der Waals surface area contributed by atoms with Gasteiger partial charge in [-0.15, -0.1) is 0 Å². The Kier molecular flexibility index (Phi) is 5.31. The highest BCUT2D eigenvalue weighted by atomic mass is 16.6. The lowest BCUT2D eigenvalue weighted by Crippen LogP contribution is -2.49. The van der Waals surface area contributed by atoms with Crippen LogP contribution in [0.25, 0.3) is 0 Å². The summed E-state index contributed by atoms with van der Waals surface area (Å²) in [4.78, 5) is 26.8. The summed E-state index contributed by atoms with van der Waals surface area (Å²) in [6.45, 7) is 5.52. The van der Waals surface area contributed by atoms with Gasteiger partial charge >= 0.3 is 12.1 Å². The van der Waals surface area contributed by atoms with Gasteiger partial charge in [0.15, 0.2) is 0 Å². The van der Waals surface area contributed by atoms with Gasteiger partial charge in [-0.2, -0.15) is 0 Å². The van der Waals surface area contributed by atoms with Crippen molar-refractivity contribution in [1.82, 2.24) is 4.90 Å². The molecule has 0 bridgehead atoms. The summed E-state index contributed by atoms with van der Waals surface area (Å²) in [7, 11) is 0. The summed E-state index contributed by atoms with van der Waals surface area (Å²) in [6, 6.07) is -0.678. The van der Waals surface area contributed by atoms with E-state index in [0.29, 0.717) is 11.8 Å². The zero-order chi connectivity index (χ0) is 18.2. The number of aliphatic carboxylic acids is 1. The highest BCUT2D eigenvalue weighted by molar-refractivity contribution is 5.82. The molecule has 25 heavy (non-hydrogen) atoms. The lowest BCUT2D eigenvalue weighted by Gasteiger charge is -2.35. The molecule has 0 aromatic heterocycles. The number of fused-ring (bicyclic) bond motifs is 1. The molecule has 5 heteroatoms. The summed E-state index contributed by atoms with van der Waals surface area (Å²) < 4.78 is 5.61. The van der Waals surface area contributed by atoms with Gasteiger partial charge < -0.3 is 9.84 Å². The highest BCUT2D eigenvalue weighted by Crippen LogP contribution is 2.50. The Morgan fingerprint density at radius 1 is 0.960 bits per heavy atom. The van der Waals surface area contributed by atoms with Crippen LogP contribution in [0.15, 0.2) is 0 Å². The first-order chi connectivity index (χ1) is 11.8. The van der Waals surface area contributed by atoms with Gasteiger partial charge in [0.05, 0.1) is 0 Å². The highest BCUT2D eigenvalue weighted by Gasteiger charge is 2.57. The van der Waals surface area contributed by atoms with E-state index in [0.717, 1.165) is 38.5 Å². The fourth-order valence-corrected chi connectivity index (χ4v) is 5.53. The first-order valence-corrected chi connectivity index (χ1v) is 10.0. The van der Waals surface area contributed by atoms with Gasteiger partial charge in [-0.3, -0.25) is 4.90 Å². The van der Waals surface area contributed by atoms with Crippen molar-refractivity contribution < 1.29 is 19.4 Å². The van der Waals surface area contributed by atoms with Crippen molar-refractivity contribution >= 4 is 12.1 Å². The summed E-state index contributed by atoms with van der Waals surface area (Å²) in [5.41, 5.74) is -0.604. The molecule has 2 aliphatic carbocycles. The van der Waals surface area contributed by atoms with Gasteiger partial charge in [-0.05, 0) is 51.4 Å². The molecule has 3 fully saturated rings. The maximum Gasteiger partial charge on any atom is 0.411 e. The minimum atomic E-state index is -0.851. The average molecular weight is 351 g/mol. The van der Waals surface area contributed by atoms with Crippen molar-refractivity contribution in [3.05, 3.63) is 0 Å². The Balaban J connectivity index is 1.91. The van der Waals surface area contributed by atoms with E-state index < -0.39 is 23.7 Å². The van der Waals surface area contributed by atoms with E-state index in [2.05, 4.69) is 0 Å². The Morgan fingerprint density at radius 2 is 1.56 bits per heavy atom. The molecule has 1 saturated heterocycles. The molecule has 0 aromatic carbocycles. The van der Waals surface area contributed by atoms with E-state index in [1.165, 1.54) is 19.3 Å². The molecule has 0 spiro atoms. The van der Waals surface area contributed by atoms with Gasteiger partial charge in [0.1, 0.15) is 11.6 Å². The van der Waals surface area contributed by atoms with E-state index >= 15 is 0 Å². The lowest BCUT2D eigenvalue weighted by molar-refractivity contribution is -0.144. The van der Waals surface area contributed by atoms with Gasteiger partial charge in [0.25, 0.3) is 0 Å². The van der Waals surface area contributed by atoms with Crippen LogP contribution in [0.2, 0.25) is 0 Å². The van der Waals surface area contributed by atoms with Gasteiger partial charge in [0, 0.05) is 6.04 Å². The standard InChI is InChI=1S/C20H33NO4/c1-20(2,3)25-19(24)21-15-12-8-7-11-14(15)16(17(21)18(22)23)13-9-5-4-6-10-13/h13-17H,4-12H2,1-3H3,(H,22,23)/t14?,15?,16-,17-/m0/s1. The van der Waals surface area contributed by atoms with Crippen molar-refractivity contribution in [1.29, 1.82) is 0 Å². The van der Waals surface area contributed by atoms with Crippen LogP contribution in [-0.4, -0.2) is 39.8 Å². The molecule has 1 heterocycles. The van der Waals surface area contributed by atoms with E-state index in [1.54, 1.807) is 4.90 Å². The van der Waals surface area contributed by atoms with Crippen LogP contribution in [0.4, 0.5) is 4.79 Å². The fraction of sp³-hybridized carbons (Fsp3) is 0.900. The van der Waals surface area contributed by atoms with E-state index in [-0.39, 0.29) is 12.0 Å². The smallest absolute Gasteiger partial charge is 0.411 e. The number of nitrogens with zero attached hydrogens (tertiary/aromatic N) is 1. The first kappa shape index (κ1) is 18.5. The van der Waals surface area contributed by atoms with E-state index in [1.807, 2.05) is 20.8 Å². The normalized spacial score (nSPS) is 33.8. The minimum Gasteiger partial charge on any atom is -0.480 e. The predicted octanol–water partition coefficient (Wildman–Crippen LogP) is 4.45. The maximum absolute atomic E-state index is 12.9. The third kappa shape index (κ3) is 3.80. The molecular weight excluding hydrogens is 318 g/mol. The average Bonchev–Trinajstić information content (AvgIpc) is 2.89. The Bertz CT molecular complexity index is 506. The fourth-order valence-electron chi connectivity index (χ4n) is 5.53. The summed E-state index contributed by atoms with van der Waals surface area (Å²) >= 11 is 0. The van der Waals surface area contributed by atoms with Crippen molar-refractivity contribution in [3.8, 4) is 0 Å². The van der Waals surface area contributed by atoms with Gasteiger partial charge in [-0.25, -0.2) is 9.59 Å².